The second-order valence-corrected chi connectivity index (χ2v) is 7.30. The monoisotopic (exact) mass is 355 g/mol. The Bertz CT molecular complexity index is 894. The second kappa shape index (κ2) is 6.48. The number of nitrogens with one attached hydrogen (secondary N) is 1. The minimum absolute atomic E-state index is 0.0589. The molecule has 0 radical (unpaired) electrons. The molecule has 0 bridgehead atoms. The van der Waals surface area contributed by atoms with Crippen LogP contribution in [0.2, 0.25) is 0 Å². The number of amides is 1. The summed E-state index contributed by atoms with van der Waals surface area (Å²) in [5, 5.41) is 0. The van der Waals surface area contributed by atoms with Crippen LogP contribution >= 0.6 is 0 Å². The third-order valence-corrected chi connectivity index (χ3v) is 5.08. The number of aromatic amines is 1. The summed E-state index contributed by atoms with van der Waals surface area (Å²) >= 11 is 0. The summed E-state index contributed by atoms with van der Waals surface area (Å²) < 4.78 is 10.8. The molecule has 1 atom stereocenters. The van der Waals surface area contributed by atoms with E-state index in [1.807, 2.05) is 18.2 Å². The number of ether oxygens (including phenoxy) is 2. The Hall–Kier alpha value is -2.83. The van der Waals surface area contributed by atoms with Crippen LogP contribution in [-0.4, -0.2) is 40.7 Å². The van der Waals surface area contributed by atoms with Gasteiger partial charge in [-0.15, -0.1) is 0 Å². The molecule has 7 nitrogen and oxygen atoms in total. The molecule has 3 heterocycles. The van der Waals surface area contributed by atoms with Gasteiger partial charge in [0.1, 0.15) is 5.56 Å². The summed E-state index contributed by atoms with van der Waals surface area (Å²) in [6, 6.07) is 5.99. The molecule has 2 aliphatic heterocycles. The van der Waals surface area contributed by atoms with E-state index in [-0.39, 0.29) is 23.7 Å². The number of piperidine rings is 1. The van der Waals surface area contributed by atoms with Crippen LogP contribution in [0.5, 0.6) is 11.5 Å². The molecule has 1 fully saturated rings. The molecule has 4 rings (SSSR count). The number of nitrogens with zero attached hydrogens (tertiary/aromatic N) is 2. The van der Waals surface area contributed by atoms with Gasteiger partial charge < -0.3 is 19.4 Å². The summed E-state index contributed by atoms with van der Waals surface area (Å²) in [6.45, 7) is 3.71. The fraction of sp³-hybridized carbons (Fsp3) is 0.421. The highest BCUT2D eigenvalue weighted by atomic mass is 16.7. The van der Waals surface area contributed by atoms with Crippen LogP contribution in [0.15, 0.2) is 35.5 Å². The van der Waals surface area contributed by atoms with Crippen LogP contribution < -0.4 is 15.0 Å². The van der Waals surface area contributed by atoms with Crippen LogP contribution in [0.4, 0.5) is 0 Å². The molecule has 1 aromatic carbocycles. The lowest BCUT2D eigenvalue weighted by molar-refractivity contribution is 0.0548. The third kappa shape index (κ3) is 3.16. The van der Waals surface area contributed by atoms with Gasteiger partial charge >= 0.3 is 0 Å². The molecule has 0 aliphatic carbocycles. The topological polar surface area (TPSA) is 84.5 Å². The van der Waals surface area contributed by atoms with Gasteiger partial charge in [-0.2, -0.15) is 0 Å². The predicted molar refractivity (Wildman–Crippen MR) is 94.4 cm³/mol. The molecule has 7 heteroatoms. The average Bonchev–Trinajstić information content (AvgIpc) is 3.09. The number of carbonyl (C=O) groups excluding carboxylic acids is 1. The Labute approximate surface area is 151 Å². The summed E-state index contributed by atoms with van der Waals surface area (Å²) in [5.74, 6) is 1.29. The molecule has 1 aromatic heterocycles. The van der Waals surface area contributed by atoms with Crippen molar-refractivity contribution in [1.82, 2.24) is 14.9 Å². The van der Waals surface area contributed by atoms with E-state index in [0.717, 1.165) is 36.3 Å². The lowest BCUT2D eigenvalue weighted by Crippen LogP contribution is -2.47. The van der Waals surface area contributed by atoms with E-state index in [2.05, 4.69) is 16.9 Å². The van der Waals surface area contributed by atoms with Gasteiger partial charge in [-0.3, -0.25) is 9.59 Å². The highest BCUT2D eigenvalue weighted by Crippen LogP contribution is 2.37. The summed E-state index contributed by atoms with van der Waals surface area (Å²) in [6.07, 6.45) is 5.39. The van der Waals surface area contributed by atoms with Gasteiger partial charge in [0, 0.05) is 19.3 Å². The fourth-order valence-electron chi connectivity index (χ4n) is 3.84. The minimum Gasteiger partial charge on any atom is -0.454 e. The van der Waals surface area contributed by atoms with E-state index >= 15 is 0 Å². The molecule has 0 spiro atoms. The maximum Gasteiger partial charge on any atom is 0.263 e. The van der Waals surface area contributed by atoms with Crippen molar-refractivity contribution >= 4 is 5.91 Å². The fourth-order valence-corrected chi connectivity index (χ4v) is 3.84. The number of hydrogen-bond acceptors (Lipinski definition) is 5. The summed E-state index contributed by atoms with van der Waals surface area (Å²) in [4.78, 5) is 32.7. The van der Waals surface area contributed by atoms with Crippen molar-refractivity contribution in [1.29, 1.82) is 0 Å². The Morgan fingerprint density at radius 2 is 2.19 bits per heavy atom. The zero-order chi connectivity index (χ0) is 18.1. The zero-order valence-electron chi connectivity index (χ0n) is 14.7. The molecule has 2 aromatic rings. The molecular formula is C19H21N3O4. The summed E-state index contributed by atoms with van der Waals surface area (Å²) in [7, 11) is 0. The van der Waals surface area contributed by atoms with Crippen molar-refractivity contribution in [2.24, 2.45) is 5.41 Å². The Kier molecular flexibility index (Phi) is 4.14. The van der Waals surface area contributed by atoms with E-state index in [1.54, 1.807) is 4.90 Å². The highest BCUT2D eigenvalue weighted by Gasteiger charge is 2.34. The first-order chi connectivity index (χ1) is 12.5. The molecule has 2 aliphatic rings. The number of carbonyl (C=O) groups is 1. The molecule has 0 unspecified atom stereocenters. The van der Waals surface area contributed by atoms with Crippen molar-refractivity contribution in [3.05, 3.63) is 52.2 Å². The lowest BCUT2D eigenvalue weighted by Gasteiger charge is -2.40. The van der Waals surface area contributed by atoms with Crippen molar-refractivity contribution in [3.8, 4) is 11.5 Å². The van der Waals surface area contributed by atoms with Gasteiger partial charge in [0.25, 0.3) is 11.5 Å². The maximum atomic E-state index is 12.7. The number of rotatable bonds is 3. The van der Waals surface area contributed by atoms with E-state index in [9.17, 15) is 9.59 Å². The number of aromatic nitrogens is 2. The first-order valence-corrected chi connectivity index (χ1v) is 8.75. The van der Waals surface area contributed by atoms with Gasteiger partial charge in [-0.05, 0) is 42.4 Å². The zero-order valence-corrected chi connectivity index (χ0v) is 14.7. The lowest BCUT2D eigenvalue weighted by atomic mass is 9.76. The number of hydrogen-bond donors (Lipinski definition) is 1. The molecular weight excluding hydrogens is 334 g/mol. The van der Waals surface area contributed by atoms with Crippen LogP contribution in [-0.2, 0) is 6.42 Å². The van der Waals surface area contributed by atoms with Crippen LogP contribution in [0.25, 0.3) is 0 Å². The predicted octanol–water partition coefficient (Wildman–Crippen LogP) is 1.98. The van der Waals surface area contributed by atoms with E-state index in [1.165, 1.54) is 12.5 Å². The highest BCUT2D eigenvalue weighted by molar-refractivity contribution is 5.93. The first kappa shape index (κ1) is 16.6. The Balaban J connectivity index is 1.51. The van der Waals surface area contributed by atoms with Crippen molar-refractivity contribution in [3.63, 3.8) is 0 Å². The van der Waals surface area contributed by atoms with Gasteiger partial charge in [-0.1, -0.05) is 13.0 Å². The largest absolute Gasteiger partial charge is 0.454 e. The molecule has 26 heavy (non-hydrogen) atoms. The second-order valence-electron chi connectivity index (χ2n) is 7.30. The smallest absolute Gasteiger partial charge is 0.263 e. The van der Waals surface area contributed by atoms with Gasteiger partial charge in [0.2, 0.25) is 6.79 Å². The van der Waals surface area contributed by atoms with Gasteiger partial charge in [-0.25, -0.2) is 4.98 Å². The molecule has 0 saturated carbocycles. The quantitative estimate of drug-likeness (QED) is 0.910. The first-order valence-electron chi connectivity index (χ1n) is 8.75. The van der Waals surface area contributed by atoms with Crippen molar-refractivity contribution in [2.45, 2.75) is 26.2 Å². The van der Waals surface area contributed by atoms with Crippen LogP contribution in [0, 0.1) is 5.41 Å². The van der Waals surface area contributed by atoms with E-state index < -0.39 is 5.56 Å². The standard InChI is InChI=1S/C19H21N3O4/c1-19(8-13-3-4-15-16(7-13)26-12-25-15)5-2-6-22(10-19)18(24)14-9-20-11-21-17(14)23/h3-4,7,9,11H,2,5-6,8,10,12H2,1H3,(H,20,21,23)/t19-/m0/s1. The Morgan fingerprint density at radius 1 is 1.35 bits per heavy atom. The number of likely N-dealkylation sites (tertiary alicyclic amines) is 1. The van der Waals surface area contributed by atoms with Crippen LogP contribution in [0.3, 0.4) is 0 Å². The van der Waals surface area contributed by atoms with Crippen molar-refractivity contribution in [2.75, 3.05) is 19.9 Å². The molecule has 1 amide bonds. The maximum absolute atomic E-state index is 12.7. The number of H-pyrrole nitrogens is 1. The van der Waals surface area contributed by atoms with E-state index in [0.29, 0.717) is 13.1 Å². The van der Waals surface area contributed by atoms with Gasteiger partial charge in [0.05, 0.1) is 6.33 Å². The molecule has 136 valence electrons. The van der Waals surface area contributed by atoms with Crippen LogP contribution in [0.1, 0.15) is 35.7 Å². The molecule has 1 saturated heterocycles. The average molecular weight is 355 g/mol. The molecule has 1 N–H and O–H groups in total. The minimum atomic E-state index is -0.395. The number of fused-ring (bicyclic) bond motifs is 1. The SMILES string of the molecule is C[C@@]1(Cc2ccc3c(c2)OCO3)CCCN(C(=O)c2cnc[nH]c2=O)C1. The third-order valence-electron chi connectivity index (χ3n) is 5.08. The Morgan fingerprint density at radius 3 is 3.04 bits per heavy atom. The summed E-state index contributed by atoms with van der Waals surface area (Å²) in [5.41, 5.74) is 0.800. The van der Waals surface area contributed by atoms with Gasteiger partial charge in [0.15, 0.2) is 11.5 Å². The van der Waals surface area contributed by atoms with Crippen molar-refractivity contribution < 1.29 is 14.3 Å². The van der Waals surface area contributed by atoms with E-state index in [4.69, 9.17) is 9.47 Å². The normalized spacial score (nSPS) is 21.7. The number of benzene rings is 1.